The highest BCUT2D eigenvalue weighted by molar-refractivity contribution is 5.85. The zero-order valence-electron chi connectivity index (χ0n) is 12.1. The van der Waals surface area contributed by atoms with E-state index in [0.29, 0.717) is 5.41 Å². The highest BCUT2D eigenvalue weighted by Crippen LogP contribution is 2.21. The second-order valence-corrected chi connectivity index (χ2v) is 6.33. The zero-order chi connectivity index (χ0) is 12.7. The summed E-state index contributed by atoms with van der Waals surface area (Å²) in [5.74, 6) is 0.515. The minimum atomic E-state index is 0. The molecule has 1 saturated heterocycles. The standard InChI is InChI=1S/C14H28N2O.ClH/c1-14(2,3)8-4-5-9-16-13(17)12-6-10-15-11-7-12;/h12,15H,4-11H2,1-3H3,(H,16,17);1H. The molecule has 0 aromatic heterocycles. The molecule has 3 nitrogen and oxygen atoms in total. The third-order valence-corrected chi connectivity index (χ3v) is 3.36. The monoisotopic (exact) mass is 276 g/mol. The largest absolute Gasteiger partial charge is 0.356 e. The Morgan fingerprint density at radius 2 is 1.83 bits per heavy atom. The average molecular weight is 277 g/mol. The van der Waals surface area contributed by atoms with Gasteiger partial charge in [-0.05, 0) is 44.2 Å². The maximum absolute atomic E-state index is 11.8. The molecule has 0 bridgehead atoms. The predicted octanol–water partition coefficient (Wildman–Crippen LogP) is 2.74. The molecule has 0 saturated carbocycles. The molecule has 4 heteroatoms. The lowest BCUT2D eigenvalue weighted by molar-refractivity contribution is -0.125. The lowest BCUT2D eigenvalue weighted by atomic mass is 9.90. The van der Waals surface area contributed by atoms with Crippen LogP contribution in [0.3, 0.4) is 0 Å². The Morgan fingerprint density at radius 3 is 2.39 bits per heavy atom. The summed E-state index contributed by atoms with van der Waals surface area (Å²) >= 11 is 0. The Bertz CT molecular complexity index is 232. The van der Waals surface area contributed by atoms with Gasteiger partial charge in [0.1, 0.15) is 0 Å². The third kappa shape index (κ3) is 7.93. The van der Waals surface area contributed by atoms with Crippen LogP contribution in [0.4, 0.5) is 0 Å². The molecule has 2 N–H and O–H groups in total. The Morgan fingerprint density at radius 1 is 1.22 bits per heavy atom. The number of carbonyl (C=O) groups is 1. The van der Waals surface area contributed by atoms with Crippen molar-refractivity contribution in [3.63, 3.8) is 0 Å². The van der Waals surface area contributed by atoms with Crippen molar-refractivity contribution >= 4 is 18.3 Å². The van der Waals surface area contributed by atoms with Gasteiger partial charge in [0, 0.05) is 12.5 Å². The summed E-state index contributed by atoms with van der Waals surface area (Å²) in [7, 11) is 0. The first-order chi connectivity index (χ1) is 7.99. The topological polar surface area (TPSA) is 41.1 Å². The normalized spacial score (nSPS) is 17.1. The Hall–Kier alpha value is -0.280. The lowest BCUT2D eigenvalue weighted by Crippen LogP contribution is -2.38. The fourth-order valence-corrected chi connectivity index (χ4v) is 2.22. The number of piperidine rings is 1. The number of nitrogens with one attached hydrogen (secondary N) is 2. The van der Waals surface area contributed by atoms with E-state index in [1.54, 1.807) is 0 Å². The van der Waals surface area contributed by atoms with Gasteiger partial charge in [-0.25, -0.2) is 0 Å². The molecular weight excluding hydrogens is 248 g/mol. The number of hydrogen-bond donors (Lipinski definition) is 2. The average Bonchev–Trinajstić information content (AvgIpc) is 2.28. The van der Waals surface area contributed by atoms with Crippen LogP contribution in [0.5, 0.6) is 0 Å². The highest BCUT2D eigenvalue weighted by Gasteiger charge is 2.20. The van der Waals surface area contributed by atoms with Gasteiger partial charge in [0.25, 0.3) is 0 Å². The van der Waals surface area contributed by atoms with Crippen molar-refractivity contribution in [2.45, 2.75) is 52.9 Å². The minimum absolute atomic E-state index is 0. The van der Waals surface area contributed by atoms with Crippen LogP contribution in [-0.2, 0) is 4.79 Å². The molecule has 0 radical (unpaired) electrons. The third-order valence-electron chi connectivity index (χ3n) is 3.36. The van der Waals surface area contributed by atoms with Crippen molar-refractivity contribution < 1.29 is 4.79 Å². The second-order valence-electron chi connectivity index (χ2n) is 6.33. The maximum Gasteiger partial charge on any atom is 0.223 e. The van der Waals surface area contributed by atoms with E-state index in [2.05, 4.69) is 31.4 Å². The molecule has 1 aliphatic rings. The molecule has 1 aliphatic heterocycles. The van der Waals surface area contributed by atoms with Crippen LogP contribution >= 0.6 is 12.4 Å². The van der Waals surface area contributed by atoms with Crippen LogP contribution in [0.1, 0.15) is 52.9 Å². The van der Waals surface area contributed by atoms with Crippen molar-refractivity contribution in [2.24, 2.45) is 11.3 Å². The van der Waals surface area contributed by atoms with Gasteiger partial charge in [0.05, 0.1) is 0 Å². The van der Waals surface area contributed by atoms with Crippen LogP contribution in [0.2, 0.25) is 0 Å². The number of unbranched alkanes of at least 4 members (excludes halogenated alkanes) is 1. The molecule has 1 fully saturated rings. The molecule has 1 heterocycles. The van der Waals surface area contributed by atoms with E-state index >= 15 is 0 Å². The van der Waals surface area contributed by atoms with Gasteiger partial charge in [-0.3, -0.25) is 4.79 Å². The Labute approximate surface area is 118 Å². The fraction of sp³-hybridized carbons (Fsp3) is 0.929. The first-order valence-electron chi connectivity index (χ1n) is 6.97. The van der Waals surface area contributed by atoms with Crippen LogP contribution < -0.4 is 10.6 Å². The van der Waals surface area contributed by atoms with E-state index in [9.17, 15) is 4.79 Å². The highest BCUT2D eigenvalue weighted by atomic mass is 35.5. The van der Waals surface area contributed by atoms with E-state index in [1.807, 2.05) is 0 Å². The van der Waals surface area contributed by atoms with Gasteiger partial charge in [-0.15, -0.1) is 12.4 Å². The smallest absolute Gasteiger partial charge is 0.223 e. The molecule has 0 spiro atoms. The molecule has 108 valence electrons. The second kappa shape index (κ2) is 8.76. The SMILES string of the molecule is CC(C)(C)CCCCNC(=O)C1CCNCC1.Cl. The van der Waals surface area contributed by atoms with Crippen molar-refractivity contribution in [2.75, 3.05) is 19.6 Å². The van der Waals surface area contributed by atoms with Gasteiger partial charge in [0.15, 0.2) is 0 Å². The molecular formula is C14H29ClN2O. The van der Waals surface area contributed by atoms with Crippen molar-refractivity contribution in [1.82, 2.24) is 10.6 Å². The van der Waals surface area contributed by atoms with Crippen LogP contribution in [0.25, 0.3) is 0 Å². The quantitative estimate of drug-likeness (QED) is 0.758. The van der Waals surface area contributed by atoms with Crippen LogP contribution in [-0.4, -0.2) is 25.5 Å². The van der Waals surface area contributed by atoms with E-state index < -0.39 is 0 Å². The summed E-state index contributed by atoms with van der Waals surface area (Å²) in [6, 6.07) is 0. The van der Waals surface area contributed by atoms with Gasteiger partial charge in [0.2, 0.25) is 5.91 Å². The summed E-state index contributed by atoms with van der Waals surface area (Å²) in [5, 5.41) is 6.35. The summed E-state index contributed by atoms with van der Waals surface area (Å²) in [5.41, 5.74) is 0.416. The molecule has 18 heavy (non-hydrogen) atoms. The first-order valence-corrected chi connectivity index (χ1v) is 6.97. The Balaban J connectivity index is 0.00000289. The van der Waals surface area contributed by atoms with E-state index in [1.165, 1.54) is 12.8 Å². The molecule has 0 aliphatic carbocycles. The molecule has 1 amide bonds. The summed E-state index contributed by atoms with van der Waals surface area (Å²) in [6.45, 7) is 9.62. The first kappa shape index (κ1) is 17.7. The van der Waals surface area contributed by atoms with Crippen molar-refractivity contribution in [3.05, 3.63) is 0 Å². The molecule has 0 aromatic rings. The van der Waals surface area contributed by atoms with E-state index in [4.69, 9.17) is 0 Å². The fourth-order valence-electron chi connectivity index (χ4n) is 2.22. The van der Waals surface area contributed by atoms with Gasteiger partial charge in [-0.2, -0.15) is 0 Å². The predicted molar refractivity (Wildman–Crippen MR) is 79.2 cm³/mol. The maximum atomic E-state index is 11.8. The molecule has 0 unspecified atom stereocenters. The summed E-state index contributed by atoms with van der Waals surface area (Å²) in [4.78, 5) is 11.8. The summed E-state index contributed by atoms with van der Waals surface area (Å²) < 4.78 is 0. The number of halogens is 1. The van der Waals surface area contributed by atoms with Crippen molar-refractivity contribution in [3.8, 4) is 0 Å². The van der Waals surface area contributed by atoms with Crippen LogP contribution in [0, 0.1) is 11.3 Å². The summed E-state index contributed by atoms with van der Waals surface area (Å²) in [6.07, 6.45) is 5.53. The van der Waals surface area contributed by atoms with Gasteiger partial charge < -0.3 is 10.6 Å². The van der Waals surface area contributed by atoms with Gasteiger partial charge in [-0.1, -0.05) is 27.2 Å². The van der Waals surface area contributed by atoms with Crippen LogP contribution in [0.15, 0.2) is 0 Å². The molecule has 1 rings (SSSR count). The van der Waals surface area contributed by atoms with Gasteiger partial charge >= 0.3 is 0 Å². The van der Waals surface area contributed by atoms with E-state index in [0.717, 1.165) is 38.9 Å². The number of hydrogen-bond acceptors (Lipinski definition) is 2. The number of amides is 1. The number of rotatable bonds is 5. The minimum Gasteiger partial charge on any atom is -0.356 e. The zero-order valence-corrected chi connectivity index (χ0v) is 12.9. The molecule has 0 aromatic carbocycles. The van der Waals surface area contributed by atoms with E-state index in [-0.39, 0.29) is 24.2 Å². The lowest BCUT2D eigenvalue weighted by Gasteiger charge is -2.22. The number of carbonyl (C=O) groups excluding carboxylic acids is 1. The Kier molecular flexibility index (Phi) is 8.62. The molecule has 0 atom stereocenters. The van der Waals surface area contributed by atoms with Crippen molar-refractivity contribution in [1.29, 1.82) is 0 Å².